The van der Waals surface area contributed by atoms with Crippen LogP contribution in [0.1, 0.15) is 40.9 Å². The second kappa shape index (κ2) is 10.0. The molecule has 3 aromatic carbocycles. The third-order valence-corrected chi connectivity index (χ3v) is 5.17. The molecule has 0 aromatic heterocycles. The van der Waals surface area contributed by atoms with Crippen molar-refractivity contribution in [2.24, 2.45) is 0 Å². The number of nitrogens with one attached hydrogen (secondary N) is 1. The number of ether oxygens (including phenoxy) is 3. The summed E-state index contributed by atoms with van der Waals surface area (Å²) in [6.07, 6.45) is 1.52. The maximum absolute atomic E-state index is 13.1. The van der Waals surface area contributed by atoms with Crippen LogP contribution >= 0.6 is 0 Å². The summed E-state index contributed by atoms with van der Waals surface area (Å²) in [5.41, 5.74) is 2.68. The summed E-state index contributed by atoms with van der Waals surface area (Å²) in [5.74, 6) is 2.01. The average molecular weight is 418 g/mol. The summed E-state index contributed by atoms with van der Waals surface area (Å²) in [7, 11) is 0. The van der Waals surface area contributed by atoms with Gasteiger partial charge < -0.3 is 19.5 Å². The van der Waals surface area contributed by atoms with E-state index in [1.165, 1.54) is 0 Å². The minimum atomic E-state index is -0.220. The van der Waals surface area contributed by atoms with Crippen molar-refractivity contribution in [3.05, 3.63) is 89.5 Å². The highest BCUT2D eigenvalue weighted by Crippen LogP contribution is 2.33. The Morgan fingerprint density at radius 2 is 1.77 bits per heavy atom. The van der Waals surface area contributed by atoms with E-state index in [0.717, 1.165) is 29.0 Å². The largest absolute Gasteiger partial charge is 0.494 e. The van der Waals surface area contributed by atoms with Gasteiger partial charge in [0.2, 0.25) is 0 Å². The van der Waals surface area contributed by atoms with Crippen molar-refractivity contribution in [2.75, 3.05) is 19.8 Å². The summed E-state index contributed by atoms with van der Waals surface area (Å²) in [6, 6.07) is 23.1. The van der Waals surface area contributed by atoms with Crippen molar-refractivity contribution in [1.29, 1.82) is 0 Å². The molecule has 1 atom stereocenters. The second-order valence-corrected chi connectivity index (χ2v) is 7.43. The maximum atomic E-state index is 13.1. The first-order valence-electron chi connectivity index (χ1n) is 10.7. The Morgan fingerprint density at radius 3 is 2.58 bits per heavy atom. The van der Waals surface area contributed by atoms with Crippen LogP contribution in [0.5, 0.6) is 17.2 Å². The molecule has 5 heteroatoms. The average Bonchev–Trinajstić information content (AvgIpc) is 3.04. The van der Waals surface area contributed by atoms with Crippen molar-refractivity contribution >= 4 is 5.91 Å². The van der Waals surface area contributed by atoms with E-state index in [4.69, 9.17) is 14.2 Å². The molecule has 4 rings (SSSR count). The fourth-order valence-corrected chi connectivity index (χ4v) is 3.63. The molecule has 1 heterocycles. The smallest absolute Gasteiger partial charge is 0.251 e. The molecule has 1 aliphatic heterocycles. The molecule has 1 amide bonds. The third kappa shape index (κ3) is 5.37. The van der Waals surface area contributed by atoms with Gasteiger partial charge in [-0.05, 0) is 54.8 Å². The predicted molar refractivity (Wildman–Crippen MR) is 120 cm³/mol. The van der Waals surface area contributed by atoms with E-state index in [2.05, 4.69) is 17.4 Å². The van der Waals surface area contributed by atoms with Gasteiger partial charge in [-0.25, -0.2) is 0 Å². The number of amides is 1. The van der Waals surface area contributed by atoms with E-state index in [-0.39, 0.29) is 11.9 Å². The number of hydrogen-bond acceptors (Lipinski definition) is 4. The minimum Gasteiger partial charge on any atom is -0.494 e. The van der Waals surface area contributed by atoms with Gasteiger partial charge >= 0.3 is 0 Å². The lowest BCUT2D eigenvalue weighted by atomic mass is 9.98. The first-order valence-corrected chi connectivity index (χ1v) is 10.7. The van der Waals surface area contributed by atoms with Gasteiger partial charge in [0, 0.05) is 12.0 Å². The first-order chi connectivity index (χ1) is 15.2. The van der Waals surface area contributed by atoms with Crippen LogP contribution in [0.3, 0.4) is 0 Å². The molecule has 0 aliphatic carbocycles. The fourth-order valence-electron chi connectivity index (χ4n) is 3.63. The lowest BCUT2D eigenvalue weighted by Crippen LogP contribution is -2.30. The van der Waals surface area contributed by atoms with E-state index in [1.807, 2.05) is 55.5 Å². The minimum absolute atomic E-state index is 0.144. The number of benzene rings is 3. The molecular formula is C26H27NO4. The van der Waals surface area contributed by atoms with Crippen molar-refractivity contribution < 1.29 is 19.0 Å². The molecule has 31 heavy (non-hydrogen) atoms. The molecular weight excluding hydrogens is 390 g/mol. The van der Waals surface area contributed by atoms with Crippen molar-refractivity contribution in [2.45, 2.75) is 25.8 Å². The van der Waals surface area contributed by atoms with Gasteiger partial charge in [0.15, 0.2) is 11.5 Å². The summed E-state index contributed by atoms with van der Waals surface area (Å²) in [4.78, 5) is 13.1. The highest BCUT2D eigenvalue weighted by atomic mass is 16.5. The highest BCUT2D eigenvalue weighted by molar-refractivity contribution is 5.94. The van der Waals surface area contributed by atoms with Gasteiger partial charge in [-0.15, -0.1) is 0 Å². The van der Waals surface area contributed by atoms with Gasteiger partial charge in [0.1, 0.15) is 5.75 Å². The molecule has 160 valence electrons. The van der Waals surface area contributed by atoms with Crippen molar-refractivity contribution in [3.63, 3.8) is 0 Å². The molecule has 0 saturated heterocycles. The van der Waals surface area contributed by atoms with Crippen LogP contribution in [0.15, 0.2) is 72.8 Å². The fraction of sp³-hybridized carbons (Fsp3) is 0.269. The van der Waals surface area contributed by atoms with Gasteiger partial charge in [-0.3, -0.25) is 4.79 Å². The monoisotopic (exact) mass is 417 g/mol. The molecule has 0 saturated carbocycles. The standard InChI is InChI=1S/C26H27NO4/c1-2-29-22-11-6-10-21(17-22)26(28)27-23(16-19-8-4-3-5-9-19)20-12-13-24-25(18-20)31-15-7-14-30-24/h3-6,8-13,17-18,23H,2,7,14-16H2,1H3,(H,27,28). The molecule has 1 unspecified atom stereocenters. The summed E-state index contributed by atoms with van der Waals surface area (Å²) >= 11 is 0. The molecule has 1 aliphatic rings. The number of rotatable bonds is 7. The second-order valence-electron chi connectivity index (χ2n) is 7.43. The summed E-state index contributed by atoms with van der Waals surface area (Å²) in [5, 5.41) is 3.20. The van der Waals surface area contributed by atoms with E-state index >= 15 is 0 Å². The van der Waals surface area contributed by atoms with Crippen LogP contribution in [-0.4, -0.2) is 25.7 Å². The zero-order chi connectivity index (χ0) is 21.5. The highest BCUT2D eigenvalue weighted by Gasteiger charge is 2.20. The van der Waals surface area contributed by atoms with Crippen molar-refractivity contribution in [1.82, 2.24) is 5.32 Å². The Balaban J connectivity index is 1.61. The van der Waals surface area contributed by atoms with Crippen molar-refractivity contribution in [3.8, 4) is 17.2 Å². The van der Waals surface area contributed by atoms with Gasteiger partial charge in [0.05, 0.1) is 25.9 Å². The Bertz CT molecular complexity index is 1020. The van der Waals surface area contributed by atoms with E-state index in [9.17, 15) is 4.79 Å². The van der Waals surface area contributed by atoms with Crippen LogP contribution in [0.25, 0.3) is 0 Å². The Kier molecular flexibility index (Phi) is 6.72. The molecule has 3 aromatic rings. The third-order valence-electron chi connectivity index (χ3n) is 5.17. The zero-order valence-electron chi connectivity index (χ0n) is 17.7. The van der Waals surface area contributed by atoms with E-state index in [0.29, 0.717) is 37.6 Å². The Labute approximate surface area is 183 Å². The predicted octanol–water partition coefficient (Wildman–Crippen LogP) is 4.96. The summed E-state index contributed by atoms with van der Waals surface area (Å²) in [6.45, 7) is 3.74. The molecule has 0 bridgehead atoms. The number of hydrogen-bond donors (Lipinski definition) is 1. The van der Waals surface area contributed by atoms with Gasteiger partial charge in [0.25, 0.3) is 5.91 Å². The van der Waals surface area contributed by atoms with Gasteiger partial charge in [-0.2, -0.15) is 0 Å². The molecule has 0 spiro atoms. The first kappa shape index (κ1) is 20.8. The molecule has 1 N–H and O–H groups in total. The number of carbonyl (C=O) groups is 1. The lowest BCUT2D eigenvalue weighted by molar-refractivity contribution is 0.0936. The SMILES string of the molecule is CCOc1cccc(C(=O)NC(Cc2ccccc2)c2ccc3c(c2)OCCCO3)c1. The number of fused-ring (bicyclic) bond motifs is 1. The molecule has 5 nitrogen and oxygen atoms in total. The molecule has 0 radical (unpaired) electrons. The van der Waals surface area contributed by atoms with E-state index < -0.39 is 0 Å². The molecule has 0 fully saturated rings. The van der Waals surface area contributed by atoms with Gasteiger partial charge in [-0.1, -0.05) is 42.5 Å². The van der Waals surface area contributed by atoms with Crippen LogP contribution in [-0.2, 0) is 6.42 Å². The summed E-state index contributed by atoms with van der Waals surface area (Å²) < 4.78 is 17.2. The van der Waals surface area contributed by atoms with Crippen LogP contribution in [0.2, 0.25) is 0 Å². The Hall–Kier alpha value is -3.47. The van der Waals surface area contributed by atoms with Crippen LogP contribution in [0.4, 0.5) is 0 Å². The van der Waals surface area contributed by atoms with E-state index in [1.54, 1.807) is 12.1 Å². The maximum Gasteiger partial charge on any atom is 0.251 e. The lowest BCUT2D eigenvalue weighted by Gasteiger charge is -2.21. The zero-order valence-corrected chi connectivity index (χ0v) is 17.7. The number of carbonyl (C=O) groups excluding carboxylic acids is 1. The quantitative estimate of drug-likeness (QED) is 0.590. The van der Waals surface area contributed by atoms with Crippen LogP contribution in [0, 0.1) is 0 Å². The topological polar surface area (TPSA) is 56.8 Å². The van der Waals surface area contributed by atoms with Crippen LogP contribution < -0.4 is 19.5 Å². The Morgan fingerprint density at radius 1 is 0.968 bits per heavy atom. The normalized spacial score (nSPS) is 13.7.